The average molecular weight is 359 g/mol. The van der Waals surface area contributed by atoms with Crippen molar-refractivity contribution < 1.29 is 4.79 Å². The summed E-state index contributed by atoms with van der Waals surface area (Å²) in [7, 11) is 0. The number of rotatable bonds is 5. The molecule has 1 aliphatic carbocycles. The minimum Gasteiger partial charge on any atom is -0.355 e. The van der Waals surface area contributed by atoms with Crippen molar-refractivity contribution in [3.05, 3.63) is 34.3 Å². The Morgan fingerprint density at radius 3 is 2.45 bits per heavy atom. The third-order valence-corrected chi connectivity index (χ3v) is 5.23. The van der Waals surface area contributed by atoms with Gasteiger partial charge in [0.1, 0.15) is 0 Å². The molecule has 0 aromatic heterocycles. The maximum Gasteiger partial charge on any atom is 0.224 e. The largest absolute Gasteiger partial charge is 0.355 e. The molecule has 2 rings (SSSR count). The van der Waals surface area contributed by atoms with E-state index in [9.17, 15) is 4.79 Å². The molecule has 110 valence electrons. The van der Waals surface area contributed by atoms with Crippen LogP contribution in [0, 0.1) is 5.41 Å². The van der Waals surface area contributed by atoms with Gasteiger partial charge in [-0.3, -0.25) is 4.79 Å². The van der Waals surface area contributed by atoms with Crippen molar-refractivity contribution >= 4 is 33.4 Å². The number of hydrogen-bond acceptors (Lipinski definition) is 1. The number of halogens is 2. The summed E-state index contributed by atoms with van der Waals surface area (Å²) < 4.78 is 1.03. The fraction of sp³-hybridized carbons (Fsp3) is 0.562. The molecule has 0 atom stereocenters. The molecular weight excluding hydrogens is 338 g/mol. The molecule has 1 N–H and O–H groups in total. The lowest BCUT2D eigenvalue weighted by molar-refractivity contribution is -0.121. The van der Waals surface area contributed by atoms with Crippen LogP contribution in [0.25, 0.3) is 0 Å². The van der Waals surface area contributed by atoms with Crippen LogP contribution in [0.4, 0.5) is 0 Å². The number of benzene rings is 1. The van der Waals surface area contributed by atoms with E-state index < -0.39 is 0 Å². The SMILES string of the molecule is O=C(Cc1ccc(Br)cc1)NCC1(CCl)CCCCC1. The summed E-state index contributed by atoms with van der Waals surface area (Å²) in [5.41, 5.74) is 1.16. The van der Waals surface area contributed by atoms with Gasteiger partial charge < -0.3 is 5.32 Å². The molecule has 1 saturated carbocycles. The van der Waals surface area contributed by atoms with Gasteiger partial charge in [-0.2, -0.15) is 0 Å². The normalized spacial score (nSPS) is 17.7. The maximum absolute atomic E-state index is 12.0. The Bertz CT molecular complexity index is 440. The molecule has 4 heteroatoms. The topological polar surface area (TPSA) is 29.1 Å². The minimum atomic E-state index is 0.0855. The average Bonchev–Trinajstić information content (AvgIpc) is 2.49. The quantitative estimate of drug-likeness (QED) is 0.781. The summed E-state index contributed by atoms with van der Waals surface area (Å²) in [6, 6.07) is 7.87. The summed E-state index contributed by atoms with van der Waals surface area (Å²) in [5, 5.41) is 3.07. The molecule has 0 radical (unpaired) electrons. The van der Waals surface area contributed by atoms with E-state index in [0.717, 1.165) is 22.9 Å². The van der Waals surface area contributed by atoms with Crippen molar-refractivity contribution in [2.75, 3.05) is 12.4 Å². The van der Waals surface area contributed by atoms with E-state index in [1.54, 1.807) is 0 Å². The van der Waals surface area contributed by atoms with Crippen molar-refractivity contribution in [3.63, 3.8) is 0 Å². The van der Waals surface area contributed by atoms with E-state index in [-0.39, 0.29) is 11.3 Å². The second-order valence-electron chi connectivity index (χ2n) is 5.77. The van der Waals surface area contributed by atoms with E-state index in [0.29, 0.717) is 18.8 Å². The first-order valence-corrected chi connectivity index (χ1v) is 8.53. The van der Waals surface area contributed by atoms with E-state index in [4.69, 9.17) is 11.6 Å². The van der Waals surface area contributed by atoms with Crippen LogP contribution in [-0.4, -0.2) is 18.3 Å². The van der Waals surface area contributed by atoms with Crippen LogP contribution in [-0.2, 0) is 11.2 Å². The van der Waals surface area contributed by atoms with Crippen molar-refractivity contribution in [2.24, 2.45) is 5.41 Å². The number of carbonyl (C=O) groups is 1. The van der Waals surface area contributed by atoms with Gasteiger partial charge in [0.15, 0.2) is 0 Å². The van der Waals surface area contributed by atoms with Crippen LogP contribution in [0.1, 0.15) is 37.7 Å². The van der Waals surface area contributed by atoms with Crippen LogP contribution < -0.4 is 5.32 Å². The zero-order valence-corrected chi connectivity index (χ0v) is 14.0. The van der Waals surface area contributed by atoms with Crippen LogP contribution in [0.5, 0.6) is 0 Å². The highest BCUT2D eigenvalue weighted by atomic mass is 79.9. The lowest BCUT2D eigenvalue weighted by atomic mass is 9.75. The van der Waals surface area contributed by atoms with Crippen LogP contribution in [0.3, 0.4) is 0 Å². The molecule has 20 heavy (non-hydrogen) atoms. The van der Waals surface area contributed by atoms with E-state index in [1.165, 1.54) is 19.3 Å². The zero-order valence-electron chi connectivity index (χ0n) is 11.6. The third kappa shape index (κ3) is 4.49. The monoisotopic (exact) mass is 357 g/mol. The smallest absolute Gasteiger partial charge is 0.224 e. The summed E-state index contributed by atoms with van der Waals surface area (Å²) >= 11 is 9.54. The Balaban J connectivity index is 1.83. The number of alkyl halides is 1. The van der Waals surface area contributed by atoms with E-state index in [1.807, 2.05) is 24.3 Å². The van der Waals surface area contributed by atoms with Crippen molar-refractivity contribution in [2.45, 2.75) is 38.5 Å². The van der Waals surface area contributed by atoms with Crippen molar-refractivity contribution in [1.82, 2.24) is 5.32 Å². The standard InChI is InChI=1S/C16H21BrClNO/c17-14-6-4-13(5-7-14)10-15(20)19-12-16(11-18)8-2-1-3-9-16/h4-7H,1-3,8-12H2,(H,19,20). The highest BCUT2D eigenvalue weighted by Crippen LogP contribution is 2.36. The fourth-order valence-corrected chi connectivity index (χ4v) is 3.42. The minimum absolute atomic E-state index is 0.0855. The van der Waals surface area contributed by atoms with Crippen LogP contribution in [0.15, 0.2) is 28.7 Å². The molecule has 1 amide bonds. The molecule has 0 bridgehead atoms. The van der Waals surface area contributed by atoms with Gasteiger partial charge in [-0.15, -0.1) is 11.6 Å². The Labute approximate surface area is 134 Å². The summed E-state index contributed by atoms with van der Waals surface area (Å²) in [6.45, 7) is 0.714. The van der Waals surface area contributed by atoms with Crippen molar-refractivity contribution in [3.8, 4) is 0 Å². The lowest BCUT2D eigenvalue weighted by Crippen LogP contribution is -2.40. The predicted molar refractivity (Wildman–Crippen MR) is 87.1 cm³/mol. The second-order valence-corrected chi connectivity index (χ2v) is 6.96. The molecule has 0 heterocycles. The Hall–Kier alpha value is -0.540. The van der Waals surface area contributed by atoms with Gasteiger partial charge >= 0.3 is 0 Å². The fourth-order valence-electron chi connectivity index (χ4n) is 2.80. The van der Waals surface area contributed by atoms with E-state index in [2.05, 4.69) is 21.2 Å². The lowest BCUT2D eigenvalue weighted by Gasteiger charge is -2.35. The van der Waals surface area contributed by atoms with Gasteiger partial charge in [-0.05, 0) is 30.5 Å². The van der Waals surface area contributed by atoms with Gasteiger partial charge in [0.2, 0.25) is 5.91 Å². The first-order valence-electron chi connectivity index (χ1n) is 7.21. The predicted octanol–water partition coefficient (Wildman–Crippen LogP) is 4.30. The molecular formula is C16H21BrClNO. The highest BCUT2D eigenvalue weighted by Gasteiger charge is 2.31. The first-order chi connectivity index (χ1) is 9.63. The van der Waals surface area contributed by atoms with Crippen LogP contribution in [0.2, 0.25) is 0 Å². The van der Waals surface area contributed by atoms with E-state index >= 15 is 0 Å². The summed E-state index contributed by atoms with van der Waals surface area (Å²) in [4.78, 5) is 12.0. The second kappa shape index (κ2) is 7.46. The molecule has 1 aliphatic rings. The number of hydrogen-bond donors (Lipinski definition) is 1. The summed E-state index contributed by atoms with van der Waals surface area (Å²) in [6.07, 6.45) is 6.46. The third-order valence-electron chi connectivity index (χ3n) is 4.14. The molecule has 0 aliphatic heterocycles. The number of amides is 1. The molecule has 1 fully saturated rings. The molecule has 2 nitrogen and oxygen atoms in total. The van der Waals surface area contributed by atoms with Crippen molar-refractivity contribution in [1.29, 1.82) is 0 Å². The summed E-state index contributed by atoms with van der Waals surface area (Å²) in [5.74, 6) is 0.730. The maximum atomic E-state index is 12.0. The molecule has 1 aromatic carbocycles. The van der Waals surface area contributed by atoms with Gasteiger partial charge in [-0.1, -0.05) is 47.3 Å². The Morgan fingerprint density at radius 1 is 1.20 bits per heavy atom. The molecule has 0 saturated heterocycles. The molecule has 0 spiro atoms. The number of nitrogens with one attached hydrogen (secondary N) is 1. The first kappa shape index (κ1) is 15.8. The Morgan fingerprint density at radius 2 is 1.85 bits per heavy atom. The van der Waals surface area contributed by atoms with Gasteiger partial charge in [0.05, 0.1) is 6.42 Å². The van der Waals surface area contributed by atoms with Gasteiger partial charge in [0, 0.05) is 22.3 Å². The Kier molecular flexibility index (Phi) is 5.91. The van der Waals surface area contributed by atoms with Gasteiger partial charge in [0.25, 0.3) is 0 Å². The van der Waals surface area contributed by atoms with Crippen LogP contribution >= 0.6 is 27.5 Å². The number of carbonyl (C=O) groups excluding carboxylic acids is 1. The molecule has 1 aromatic rings. The highest BCUT2D eigenvalue weighted by molar-refractivity contribution is 9.10. The zero-order chi connectivity index (χ0) is 14.4. The van der Waals surface area contributed by atoms with Gasteiger partial charge in [-0.25, -0.2) is 0 Å². The molecule has 0 unspecified atom stereocenters.